The van der Waals surface area contributed by atoms with Crippen molar-refractivity contribution in [3.63, 3.8) is 0 Å². The number of rotatable bonds is 3. The van der Waals surface area contributed by atoms with Crippen LogP contribution in [-0.2, 0) is 0 Å². The summed E-state index contributed by atoms with van der Waals surface area (Å²) < 4.78 is 0. The van der Waals surface area contributed by atoms with Gasteiger partial charge in [-0.1, -0.05) is 17.7 Å². The number of nitriles is 1. The van der Waals surface area contributed by atoms with Gasteiger partial charge in [0, 0.05) is 6.20 Å². The Kier molecular flexibility index (Phi) is 3.81. The minimum atomic E-state index is 0.0256. The van der Waals surface area contributed by atoms with Crippen LogP contribution in [0.5, 0.6) is 0 Å². The van der Waals surface area contributed by atoms with Gasteiger partial charge in [0.2, 0.25) is 0 Å². The fourth-order valence-corrected chi connectivity index (χ4v) is 1.82. The number of nitrogens with one attached hydrogen (secondary N) is 1. The molecule has 0 aliphatic heterocycles. The zero-order valence-corrected chi connectivity index (χ0v) is 10.6. The van der Waals surface area contributed by atoms with Gasteiger partial charge in [0.15, 0.2) is 0 Å². The Morgan fingerprint density at radius 1 is 1.33 bits per heavy atom. The molecular formula is C14H12ClN3. The number of nitrogens with zero attached hydrogens (tertiary/aromatic N) is 2. The van der Waals surface area contributed by atoms with E-state index in [2.05, 4.69) is 16.4 Å². The molecule has 0 fully saturated rings. The minimum absolute atomic E-state index is 0.0256. The third-order valence-electron chi connectivity index (χ3n) is 2.60. The van der Waals surface area contributed by atoms with E-state index in [1.54, 1.807) is 24.4 Å². The predicted octanol–water partition coefficient (Wildman–Crippen LogP) is 3.78. The molecule has 1 atom stereocenters. The Morgan fingerprint density at radius 2 is 2.17 bits per heavy atom. The Labute approximate surface area is 111 Å². The molecule has 2 rings (SSSR count). The summed E-state index contributed by atoms with van der Waals surface area (Å²) in [5.41, 5.74) is 2.25. The molecule has 0 bridgehead atoms. The normalized spacial score (nSPS) is 11.6. The van der Waals surface area contributed by atoms with Crippen LogP contribution in [0.25, 0.3) is 0 Å². The second-order valence-corrected chi connectivity index (χ2v) is 4.33. The highest BCUT2D eigenvalue weighted by molar-refractivity contribution is 6.33. The van der Waals surface area contributed by atoms with Gasteiger partial charge in [0.25, 0.3) is 0 Å². The van der Waals surface area contributed by atoms with Gasteiger partial charge in [-0.25, -0.2) is 0 Å². The second kappa shape index (κ2) is 5.52. The Bertz CT molecular complexity index is 575. The fourth-order valence-electron chi connectivity index (χ4n) is 1.64. The van der Waals surface area contributed by atoms with Crippen molar-refractivity contribution in [3.8, 4) is 6.07 Å². The summed E-state index contributed by atoms with van der Waals surface area (Å²) in [5, 5.41) is 12.7. The summed E-state index contributed by atoms with van der Waals surface area (Å²) in [7, 11) is 0. The van der Waals surface area contributed by atoms with E-state index in [9.17, 15) is 0 Å². The van der Waals surface area contributed by atoms with Crippen molar-refractivity contribution < 1.29 is 0 Å². The maximum Gasteiger partial charge on any atom is 0.0992 e. The SMILES string of the molecule is CC(Nc1cc(C#N)ccc1Cl)c1ccccn1. The molecule has 4 heteroatoms. The molecule has 0 spiro atoms. The lowest BCUT2D eigenvalue weighted by atomic mass is 10.1. The van der Waals surface area contributed by atoms with Gasteiger partial charge in [-0.2, -0.15) is 5.26 Å². The van der Waals surface area contributed by atoms with Crippen LogP contribution < -0.4 is 5.32 Å². The van der Waals surface area contributed by atoms with Crippen LogP contribution in [0.1, 0.15) is 24.2 Å². The van der Waals surface area contributed by atoms with Crippen molar-refractivity contribution in [3.05, 3.63) is 58.9 Å². The third-order valence-corrected chi connectivity index (χ3v) is 2.93. The summed E-state index contributed by atoms with van der Waals surface area (Å²) in [6, 6.07) is 13.0. The molecule has 3 nitrogen and oxygen atoms in total. The molecule has 1 aromatic heterocycles. The summed E-state index contributed by atoms with van der Waals surface area (Å²) in [6.45, 7) is 2.00. The zero-order valence-electron chi connectivity index (χ0n) is 9.89. The van der Waals surface area contributed by atoms with E-state index in [0.717, 1.165) is 11.4 Å². The van der Waals surface area contributed by atoms with Crippen molar-refractivity contribution in [1.29, 1.82) is 5.26 Å². The first-order valence-corrected chi connectivity index (χ1v) is 5.95. The summed E-state index contributed by atoms with van der Waals surface area (Å²) in [6.07, 6.45) is 1.75. The fraction of sp³-hybridized carbons (Fsp3) is 0.143. The molecule has 18 heavy (non-hydrogen) atoms. The molecule has 1 N–H and O–H groups in total. The molecule has 0 aliphatic carbocycles. The van der Waals surface area contributed by atoms with Gasteiger partial charge >= 0.3 is 0 Å². The predicted molar refractivity (Wildman–Crippen MR) is 72.4 cm³/mol. The molecule has 1 heterocycles. The van der Waals surface area contributed by atoms with Crippen LogP contribution in [0.3, 0.4) is 0 Å². The van der Waals surface area contributed by atoms with Crippen LogP contribution in [0.15, 0.2) is 42.6 Å². The van der Waals surface area contributed by atoms with Crippen molar-refractivity contribution in [2.24, 2.45) is 0 Å². The van der Waals surface area contributed by atoms with Gasteiger partial charge in [-0.3, -0.25) is 4.98 Å². The summed E-state index contributed by atoms with van der Waals surface area (Å²) in [5.74, 6) is 0. The van der Waals surface area contributed by atoms with Crippen LogP contribution in [0, 0.1) is 11.3 Å². The number of hydrogen-bond donors (Lipinski definition) is 1. The Morgan fingerprint density at radius 3 is 2.83 bits per heavy atom. The molecular weight excluding hydrogens is 246 g/mol. The molecule has 90 valence electrons. The van der Waals surface area contributed by atoms with Crippen molar-refractivity contribution in [2.75, 3.05) is 5.32 Å². The average molecular weight is 258 g/mol. The maximum atomic E-state index is 8.87. The Balaban J connectivity index is 2.22. The number of pyridine rings is 1. The van der Waals surface area contributed by atoms with E-state index in [0.29, 0.717) is 10.6 Å². The van der Waals surface area contributed by atoms with E-state index < -0.39 is 0 Å². The van der Waals surface area contributed by atoms with Crippen LogP contribution in [0.2, 0.25) is 5.02 Å². The zero-order chi connectivity index (χ0) is 13.0. The standard InChI is InChI=1S/C14H12ClN3/c1-10(13-4-2-3-7-17-13)18-14-8-11(9-16)5-6-12(14)15/h2-8,10,18H,1H3. The largest absolute Gasteiger partial charge is 0.376 e. The highest BCUT2D eigenvalue weighted by Crippen LogP contribution is 2.26. The monoisotopic (exact) mass is 257 g/mol. The summed E-state index contributed by atoms with van der Waals surface area (Å²) in [4.78, 5) is 4.28. The van der Waals surface area contributed by atoms with E-state index in [4.69, 9.17) is 16.9 Å². The summed E-state index contributed by atoms with van der Waals surface area (Å²) >= 11 is 6.09. The van der Waals surface area contributed by atoms with E-state index >= 15 is 0 Å². The van der Waals surface area contributed by atoms with Gasteiger partial charge in [-0.15, -0.1) is 0 Å². The van der Waals surface area contributed by atoms with Gasteiger partial charge in [0.1, 0.15) is 0 Å². The maximum absolute atomic E-state index is 8.87. The first-order valence-electron chi connectivity index (χ1n) is 5.58. The van der Waals surface area contributed by atoms with Crippen molar-refractivity contribution in [2.45, 2.75) is 13.0 Å². The highest BCUT2D eigenvalue weighted by atomic mass is 35.5. The van der Waals surface area contributed by atoms with E-state index in [1.807, 2.05) is 25.1 Å². The molecule has 2 aromatic rings. The lowest BCUT2D eigenvalue weighted by Crippen LogP contribution is -2.08. The van der Waals surface area contributed by atoms with E-state index in [-0.39, 0.29) is 6.04 Å². The van der Waals surface area contributed by atoms with Gasteiger partial charge in [-0.05, 0) is 37.3 Å². The lowest BCUT2D eigenvalue weighted by Gasteiger charge is -2.15. The number of benzene rings is 1. The number of aromatic nitrogens is 1. The van der Waals surface area contributed by atoms with Crippen LogP contribution in [0.4, 0.5) is 5.69 Å². The second-order valence-electron chi connectivity index (χ2n) is 3.93. The molecule has 0 saturated carbocycles. The molecule has 0 saturated heterocycles. The van der Waals surface area contributed by atoms with Crippen molar-refractivity contribution >= 4 is 17.3 Å². The minimum Gasteiger partial charge on any atom is -0.376 e. The molecule has 1 aromatic carbocycles. The topological polar surface area (TPSA) is 48.7 Å². The van der Waals surface area contributed by atoms with Gasteiger partial charge < -0.3 is 5.32 Å². The number of hydrogen-bond acceptors (Lipinski definition) is 3. The van der Waals surface area contributed by atoms with E-state index in [1.165, 1.54) is 0 Å². The smallest absolute Gasteiger partial charge is 0.0992 e. The first-order chi connectivity index (χ1) is 8.70. The number of anilines is 1. The quantitative estimate of drug-likeness (QED) is 0.910. The highest BCUT2D eigenvalue weighted by Gasteiger charge is 2.09. The van der Waals surface area contributed by atoms with Crippen LogP contribution >= 0.6 is 11.6 Å². The van der Waals surface area contributed by atoms with Gasteiger partial charge in [0.05, 0.1) is 34.1 Å². The average Bonchev–Trinajstić information content (AvgIpc) is 2.42. The Hall–Kier alpha value is -2.05. The van der Waals surface area contributed by atoms with Crippen molar-refractivity contribution in [1.82, 2.24) is 4.98 Å². The molecule has 0 radical (unpaired) electrons. The first kappa shape index (κ1) is 12.4. The van der Waals surface area contributed by atoms with Crippen LogP contribution in [-0.4, -0.2) is 4.98 Å². The molecule has 0 amide bonds. The third kappa shape index (κ3) is 2.79. The molecule has 0 aliphatic rings. The lowest BCUT2D eigenvalue weighted by molar-refractivity contribution is 0.839. The molecule has 1 unspecified atom stereocenters. The number of halogens is 1.